The summed E-state index contributed by atoms with van der Waals surface area (Å²) in [6.07, 6.45) is 1.12. The number of pyridine rings is 1. The van der Waals surface area contributed by atoms with Crippen LogP contribution in [0.4, 0.5) is 11.5 Å². The average molecular weight is 426 g/mol. The van der Waals surface area contributed by atoms with Gasteiger partial charge in [0.15, 0.2) is 5.65 Å². The Morgan fingerprint density at radius 1 is 1.10 bits per heavy atom. The summed E-state index contributed by atoms with van der Waals surface area (Å²) in [6, 6.07) is 13.1. The van der Waals surface area contributed by atoms with Crippen molar-refractivity contribution in [2.75, 3.05) is 22.9 Å². The number of aromatic nitrogens is 3. The summed E-state index contributed by atoms with van der Waals surface area (Å²) in [5.74, 6) is 0.962. The molecule has 0 N–H and O–H groups in total. The van der Waals surface area contributed by atoms with Crippen molar-refractivity contribution in [2.45, 2.75) is 45.8 Å². The van der Waals surface area contributed by atoms with Crippen molar-refractivity contribution >= 4 is 34.3 Å². The SMILES string of the molecule is Cn1c(=O)n(CC(C)(C)C)c2ccc(N3C[C@@H]4C[C@H]3CN4c3cccc(Cl)c3)nc21. The smallest absolute Gasteiger partial charge is 0.330 e. The minimum absolute atomic E-state index is 0.000325. The van der Waals surface area contributed by atoms with Gasteiger partial charge in [-0.1, -0.05) is 38.4 Å². The van der Waals surface area contributed by atoms with Crippen molar-refractivity contribution in [3.63, 3.8) is 0 Å². The number of benzene rings is 1. The van der Waals surface area contributed by atoms with Crippen LogP contribution < -0.4 is 15.5 Å². The largest absolute Gasteiger partial charge is 0.365 e. The maximum atomic E-state index is 12.8. The van der Waals surface area contributed by atoms with E-state index in [1.807, 2.05) is 29.8 Å². The van der Waals surface area contributed by atoms with Gasteiger partial charge in [0.05, 0.1) is 11.6 Å². The maximum absolute atomic E-state index is 12.8. The minimum Gasteiger partial charge on any atom is -0.365 e. The fraction of sp³-hybridized carbons (Fsp3) is 0.478. The summed E-state index contributed by atoms with van der Waals surface area (Å²) in [6.45, 7) is 9.01. The highest BCUT2D eigenvalue weighted by molar-refractivity contribution is 6.30. The summed E-state index contributed by atoms with van der Waals surface area (Å²) in [7, 11) is 1.82. The molecule has 4 heterocycles. The van der Waals surface area contributed by atoms with Gasteiger partial charge in [-0.05, 0) is 42.2 Å². The molecule has 0 saturated carbocycles. The lowest BCUT2D eigenvalue weighted by Crippen LogP contribution is -2.46. The second-order valence-corrected chi connectivity index (χ2v) is 10.3. The van der Waals surface area contributed by atoms with Gasteiger partial charge in [0.25, 0.3) is 0 Å². The van der Waals surface area contributed by atoms with Gasteiger partial charge in [0, 0.05) is 43.4 Å². The fourth-order valence-electron chi connectivity index (χ4n) is 4.97. The van der Waals surface area contributed by atoms with Gasteiger partial charge in [-0.15, -0.1) is 0 Å². The van der Waals surface area contributed by atoms with Crippen LogP contribution in [-0.4, -0.2) is 39.3 Å². The molecule has 30 heavy (non-hydrogen) atoms. The average Bonchev–Trinajstić information content (AvgIpc) is 3.36. The Bertz CT molecular complexity index is 1170. The Morgan fingerprint density at radius 2 is 1.83 bits per heavy atom. The van der Waals surface area contributed by atoms with Crippen molar-refractivity contribution in [3.05, 3.63) is 51.9 Å². The van der Waals surface area contributed by atoms with E-state index >= 15 is 0 Å². The van der Waals surface area contributed by atoms with E-state index in [-0.39, 0.29) is 11.1 Å². The van der Waals surface area contributed by atoms with Gasteiger partial charge in [-0.25, -0.2) is 9.78 Å². The zero-order chi connectivity index (χ0) is 21.2. The van der Waals surface area contributed by atoms with Crippen molar-refractivity contribution < 1.29 is 0 Å². The van der Waals surface area contributed by atoms with E-state index < -0.39 is 0 Å². The minimum atomic E-state index is -0.000325. The lowest BCUT2D eigenvalue weighted by molar-refractivity contribution is 0.342. The van der Waals surface area contributed by atoms with Gasteiger partial charge in [-0.3, -0.25) is 9.13 Å². The predicted octanol–water partition coefficient (Wildman–Crippen LogP) is 3.90. The Hall–Kier alpha value is -2.47. The number of fused-ring (bicyclic) bond motifs is 3. The van der Waals surface area contributed by atoms with Crippen molar-refractivity contribution in [2.24, 2.45) is 12.5 Å². The van der Waals surface area contributed by atoms with E-state index in [4.69, 9.17) is 16.6 Å². The zero-order valence-corrected chi connectivity index (χ0v) is 18.7. The highest BCUT2D eigenvalue weighted by atomic mass is 35.5. The number of aryl methyl sites for hydroxylation is 1. The van der Waals surface area contributed by atoms with E-state index in [1.54, 1.807) is 4.57 Å². The van der Waals surface area contributed by atoms with Crippen LogP contribution in [0.3, 0.4) is 0 Å². The van der Waals surface area contributed by atoms with E-state index in [1.165, 1.54) is 5.69 Å². The second-order valence-electron chi connectivity index (χ2n) is 9.83. The first-order chi connectivity index (χ1) is 14.2. The molecule has 7 heteroatoms. The van der Waals surface area contributed by atoms with Crippen LogP contribution in [0.1, 0.15) is 27.2 Å². The molecule has 2 saturated heterocycles. The topological polar surface area (TPSA) is 46.3 Å². The highest BCUT2D eigenvalue weighted by Gasteiger charge is 2.44. The van der Waals surface area contributed by atoms with Crippen LogP contribution >= 0.6 is 11.6 Å². The molecular formula is C23H28ClN5O. The molecule has 0 unspecified atom stereocenters. The molecule has 0 spiro atoms. The monoisotopic (exact) mass is 425 g/mol. The normalized spacial score (nSPS) is 21.2. The Kier molecular flexibility index (Phi) is 4.40. The van der Waals surface area contributed by atoms with Crippen LogP contribution in [0, 0.1) is 5.41 Å². The molecule has 3 aromatic rings. The van der Waals surface area contributed by atoms with Gasteiger partial charge < -0.3 is 9.80 Å². The molecule has 0 amide bonds. The highest BCUT2D eigenvalue weighted by Crippen LogP contribution is 2.37. The van der Waals surface area contributed by atoms with Crippen LogP contribution in [0.25, 0.3) is 11.2 Å². The number of imidazole rings is 1. The summed E-state index contributed by atoms with van der Waals surface area (Å²) in [5.41, 5.74) is 2.89. The van der Waals surface area contributed by atoms with Crippen LogP contribution in [0.2, 0.25) is 5.02 Å². The van der Waals surface area contributed by atoms with Crippen LogP contribution in [-0.2, 0) is 13.6 Å². The number of rotatable bonds is 3. The summed E-state index contributed by atoms with van der Waals surface area (Å²) in [4.78, 5) is 22.6. The zero-order valence-electron chi connectivity index (χ0n) is 18.0. The third-order valence-corrected chi connectivity index (χ3v) is 6.51. The molecule has 2 bridgehead atoms. The molecular weight excluding hydrogens is 398 g/mol. The quantitative estimate of drug-likeness (QED) is 0.638. The number of anilines is 2. The molecule has 0 aliphatic carbocycles. The molecule has 1 aromatic carbocycles. The van der Waals surface area contributed by atoms with Gasteiger partial charge in [0.1, 0.15) is 5.82 Å². The van der Waals surface area contributed by atoms with E-state index in [9.17, 15) is 4.79 Å². The number of hydrogen-bond donors (Lipinski definition) is 0. The number of hydrogen-bond acceptors (Lipinski definition) is 4. The molecule has 2 fully saturated rings. The van der Waals surface area contributed by atoms with E-state index in [0.717, 1.165) is 41.5 Å². The molecule has 158 valence electrons. The fourth-order valence-corrected chi connectivity index (χ4v) is 5.15. The summed E-state index contributed by atoms with van der Waals surface area (Å²) >= 11 is 6.20. The maximum Gasteiger partial charge on any atom is 0.330 e. The summed E-state index contributed by atoms with van der Waals surface area (Å²) in [5, 5.41) is 0.778. The van der Waals surface area contributed by atoms with E-state index in [2.05, 4.69) is 48.8 Å². The number of halogens is 1. The molecule has 2 aliphatic heterocycles. The second kappa shape index (κ2) is 6.77. The van der Waals surface area contributed by atoms with Gasteiger partial charge in [-0.2, -0.15) is 0 Å². The third-order valence-electron chi connectivity index (χ3n) is 6.27. The van der Waals surface area contributed by atoms with Crippen LogP contribution in [0.15, 0.2) is 41.2 Å². The van der Waals surface area contributed by atoms with Gasteiger partial charge in [0.2, 0.25) is 0 Å². The molecule has 2 aliphatic rings. The predicted molar refractivity (Wildman–Crippen MR) is 123 cm³/mol. The molecule has 0 radical (unpaired) electrons. The third kappa shape index (κ3) is 3.18. The Balaban J connectivity index is 1.43. The summed E-state index contributed by atoms with van der Waals surface area (Å²) < 4.78 is 3.53. The number of nitrogens with zero attached hydrogens (tertiary/aromatic N) is 5. The lowest BCUT2D eigenvalue weighted by atomic mass is 9.97. The van der Waals surface area contributed by atoms with Crippen molar-refractivity contribution in [3.8, 4) is 0 Å². The number of piperazine rings is 1. The standard InChI is InChI=1S/C23H28ClN5O/c1-23(2,3)14-29-19-8-9-20(25-21(19)26(4)22(29)30)28-13-17-11-18(28)12-27(17)16-7-5-6-15(24)10-16/h5-10,17-18H,11-14H2,1-4H3/t17-,18-/m0/s1. The van der Waals surface area contributed by atoms with E-state index in [0.29, 0.717) is 18.6 Å². The first-order valence-electron chi connectivity index (χ1n) is 10.6. The first-order valence-corrected chi connectivity index (χ1v) is 10.9. The van der Waals surface area contributed by atoms with Crippen molar-refractivity contribution in [1.29, 1.82) is 0 Å². The van der Waals surface area contributed by atoms with Crippen molar-refractivity contribution in [1.82, 2.24) is 14.1 Å². The Labute approximate surface area is 181 Å². The van der Waals surface area contributed by atoms with Gasteiger partial charge >= 0.3 is 5.69 Å². The molecule has 6 nitrogen and oxygen atoms in total. The van der Waals surface area contributed by atoms with Crippen LogP contribution in [0.5, 0.6) is 0 Å². The first kappa shape index (κ1) is 19.5. The molecule has 2 atom stereocenters. The molecule has 5 rings (SSSR count). The Morgan fingerprint density at radius 3 is 2.50 bits per heavy atom. The lowest BCUT2D eigenvalue weighted by Gasteiger charge is -2.36. The molecule has 2 aromatic heterocycles.